The van der Waals surface area contributed by atoms with E-state index < -0.39 is 0 Å². The number of rotatable bonds is 6. The minimum absolute atomic E-state index is 0.229. The predicted octanol–water partition coefficient (Wildman–Crippen LogP) is 6.08. The van der Waals surface area contributed by atoms with Crippen molar-refractivity contribution in [3.8, 4) is 5.75 Å². The number of benzene rings is 2. The molecule has 5 rings (SSSR count). The van der Waals surface area contributed by atoms with Gasteiger partial charge in [-0.1, -0.05) is 55.4 Å². The SMILES string of the molecule is CCCO/N=C1\C[C@H]2[C@@H]3CCc4cc(OCc5ccccc5)ccc4[C@H]3CC[C@@]2(C)C1=O. The molecule has 2 aromatic carbocycles. The van der Waals surface area contributed by atoms with Gasteiger partial charge < -0.3 is 9.57 Å². The van der Waals surface area contributed by atoms with Crippen molar-refractivity contribution in [2.75, 3.05) is 6.61 Å². The molecule has 0 bridgehead atoms. The van der Waals surface area contributed by atoms with Crippen LogP contribution in [-0.2, 0) is 22.7 Å². The molecule has 0 radical (unpaired) electrons. The van der Waals surface area contributed by atoms with E-state index in [1.54, 1.807) is 0 Å². The molecule has 4 heteroatoms. The van der Waals surface area contributed by atoms with Gasteiger partial charge in [-0.2, -0.15) is 0 Å². The van der Waals surface area contributed by atoms with Crippen LogP contribution < -0.4 is 4.74 Å². The van der Waals surface area contributed by atoms with Crippen LogP contribution in [0.15, 0.2) is 53.7 Å². The number of carbonyl (C=O) groups is 1. The molecule has 0 heterocycles. The van der Waals surface area contributed by atoms with Crippen molar-refractivity contribution in [3.63, 3.8) is 0 Å². The molecule has 2 aromatic rings. The third-order valence-electron chi connectivity index (χ3n) is 8.00. The lowest BCUT2D eigenvalue weighted by Gasteiger charge is -2.47. The number of ether oxygens (including phenoxy) is 1. The fourth-order valence-electron chi connectivity index (χ4n) is 6.29. The topological polar surface area (TPSA) is 47.9 Å². The number of hydrogen-bond donors (Lipinski definition) is 0. The fourth-order valence-corrected chi connectivity index (χ4v) is 6.29. The molecule has 3 aliphatic rings. The van der Waals surface area contributed by atoms with Gasteiger partial charge in [0.1, 0.15) is 24.7 Å². The Balaban J connectivity index is 1.33. The molecule has 2 fully saturated rings. The summed E-state index contributed by atoms with van der Waals surface area (Å²) >= 11 is 0. The fraction of sp³-hybridized carbons (Fsp3) is 0.500. The van der Waals surface area contributed by atoms with Crippen molar-refractivity contribution in [2.45, 2.75) is 64.9 Å². The van der Waals surface area contributed by atoms with E-state index in [0.717, 1.165) is 44.3 Å². The van der Waals surface area contributed by atoms with Crippen molar-refractivity contribution in [1.29, 1.82) is 0 Å². The Hall–Kier alpha value is -2.62. The maximum Gasteiger partial charge on any atom is 0.186 e. The Labute approximate surface area is 191 Å². The second kappa shape index (κ2) is 8.73. The Kier molecular flexibility index (Phi) is 5.79. The monoisotopic (exact) mass is 431 g/mol. The first-order valence-electron chi connectivity index (χ1n) is 12.1. The number of Topliss-reactive ketones (excluding diaryl/α,β-unsaturated/α-hetero) is 1. The van der Waals surface area contributed by atoms with Gasteiger partial charge in [0.15, 0.2) is 5.78 Å². The van der Waals surface area contributed by atoms with Gasteiger partial charge in [0.05, 0.1) is 0 Å². The highest BCUT2D eigenvalue weighted by molar-refractivity contribution is 6.43. The Morgan fingerprint density at radius 1 is 1.12 bits per heavy atom. The van der Waals surface area contributed by atoms with Crippen LogP contribution in [0.2, 0.25) is 0 Å². The molecule has 2 saturated carbocycles. The number of nitrogens with zero attached hydrogens (tertiary/aromatic N) is 1. The lowest BCUT2D eigenvalue weighted by atomic mass is 9.55. The van der Waals surface area contributed by atoms with E-state index in [1.165, 1.54) is 16.7 Å². The van der Waals surface area contributed by atoms with Crippen molar-refractivity contribution >= 4 is 11.5 Å². The van der Waals surface area contributed by atoms with Crippen molar-refractivity contribution in [3.05, 3.63) is 65.2 Å². The molecular weight excluding hydrogens is 398 g/mol. The van der Waals surface area contributed by atoms with Crippen LogP contribution in [0, 0.1) is 17.3 Å². The van der Waals surface area contributed by atoms with Crippen molar-refractivity contribution in [1.82, 2.24) is 0 Å². The average molecular weight is 432 g/mol. The number of carbonyl (C=O) groups excluding carboxylic acids is 1. The van der Waals surface area contributed by atoms with Crippen LogP contribution >= 0.6 is 0 Å². The lowest BCUT2D eigenvalue weighted by molar-refractivity contribution is -0.125. The maximum atomic E-state index is 13.2. The highest BCUT2D eigenvalue weighted by Crippen LogP contribution is 2.59. The van der Waals surface area contributed by atoms with E-state index in [2.05, 4.69) is 49.3 Å². The van der Waals surface area contributed by atoms with Crippen molar-refractivity contribution < 1.29 is 14.4 Å². The zero-order valence-corrected chi connectivity index (χ0v) is 19.2. The van der Waals surface area contributed by atoms with E-state index in [1.807, 2.05) is 18.2 Å². The molecular formula is C28H33NO3. The van der Waals surface area contributed by atoms with E-state index in [9.17, 15) is 4.79 Å². The summed E-state index contributed by atoms with van der Waals surface area (Å²) in [7, 11) is 0. The highest BCUT2D eigenvalue weighted by atomic mass is 16.6. The van der Waals surface area contributed by atoms with E-state index in [4.69, 9.17) is 9.57 Å². The minimum Gasteiger partial charge on any atom is -0.489 e. The van der Waals surface area contributed by atoms with Gasteiger partial charge in [0, 0.05) is 11.8 Å². The Morgan fingerprint density at radius 2 is 1.97 bits per heavy atom. The quantitative estimate of drug-likeness (QED) is 0.411. The molecule has 0 saturated heterocycles. The third-order valence-corrected chi connectivity index (χ3v) is 8.00. The number of aryl methyl sites for hydroxylation is 1. The van der Waals surface area contributed by atoms with Crippen molar-refractivity contribution in [2.24, 2.45) is 22.4 Å². The van der Waals surface area contributed by atoms with E-state index >= 15 is 0 Å². The average Bonchev–Trinajstić information content (AvgIpc) is 3.08. The van der Waals surface area contributed by atoms with E-state index in [0.29, 0.717) is 36.7 Å². The molecule has 4 nitrogen and oxygen atoms in total. The molecule has 168 valence electrons. The van der Waals surface area contributed by atoms with Gasteiger partial charge in [-0.15, -0.1) is 0 Å². The number of fused-ring (bicyclic) bond motifs is 5. The van der Waals surface area contributed by atoms with Gasteiger partial charge in [0.25, 0.3) is 0 Å². The first kappa shape index (κ1) is 21.2. The largest absolute Gasteiger partial charge is 0.489 e. The summed E-state index contributed by atoms with van der Waals surface area (Å²) in [6.45, 7) is 5.40. The Morgan fingerprint density at radius 3 is 2.78 bits per heavy atom. The molecule has 0 spiro atoms. The molecule has 0 aromatic heterocycles. The first-order chi connectivity index (χ1) is 15.6. The smallest absolute Gasteiger partial charge is 0.186 e. The van der Waals surface area contributed by atoms with Crippen LogP contribution in [0.25, 0.3) is 0 Å². The second-order valence-electron chi connectivity index (χ2n) is 9.91. The summed E-state index contributed by atoms with van der Waals surface area (Å²) in [5.41, 5.74) is 4.47. The summed E-state index contributed by atoms with van der Waals surface area (Å²) in [6.07, 6.45) is 5.88. The van der Waals surface area contributed by atoms with Crippen LogP contribution in [0.5, 0.6) is 5.75 Å². The van der Waals surface area contributed by atoms with Crippen LogP contribution in [0.1, 0.15) is 68.6 Å². The number of hydrogen-bond acceptors (Lipinski definition) is 4. The summed E-state index contributed by atoms with van der Waals surface area (Å²) in [5.74, 6) is 2.63. The van der Waals surface area contributed by atoms with E-state index in [-0.39, 0.29) is 11.2 Å². The van der Waals surface area contributed by atoms with Gasteiger partial charge in [-0.25, -0.2) is 0 Å². The highest BCUT2D eigenvalue weighted by Gasteiger charge is 2.57. The molecule has 32 heavy (non-hydrogen) atoms. The molecule has 0 aliphatic heterocycles. The third kappa shape index (κ3) is 3.74. The molecule has 0 N–H and O–H groups in total. The van der Waals surface area contributed by atoms with Gasteiger partial charge in [-0.05, 0) is 78.7 Å². The van der Waals surface area contributed by atoms with Crippen LogP contribution in [0.4, 0.5) is 0 Å². The normalized spacial score (nSPS) is 29.9. The number of oxime groups is 1. The van der Waals surface area contributed by atoms with Gasteiger partial charge in [-0.3, -0.25) is 4.79 Å². The number of ketones is 1. The minimum atomic E-state index is -0.272. The molecule has 4 atom stereocenters. The zero-order valence-electron chi connectivity index (χ0n) is 19.2. The zero-order chi connectivity index (χ0) is 22.1. The maximum absolute atomic E-state index is 13.2. The van der Waals surface area contributed by atoms with Gasteiger partial charge >= 0.3 is 0 Å². The summed E-state index contributed by atoms with van der Waals surface area (Å²) < 4.78 is 6.08. The predicted molar refractivity (Wildman–Crippen MR) is 126 cm³/mol. The second-order valence-corrected chi connectivity index (χ2v) is 9.91. The lowest BCUT2D eigenvalue weighted by Crippen LogP contribution is -2.42. The molecule has 0 amide bonds. The van der Waals surface area contributed by atoms with Gasteiger partial charge in [0.2, 0.25) is 0 Å². The first-order valence-corrected chi connectivity index (χ1v) is 12.1. The molecule has 3 aliphatic carbocycles. The van der Waals surface area contributed by atoms with Crippen LogP contribution in [0.3, 0.4) is 0 Å². The summed E-state index contributed by atoms with van der Waals surface area (Å²) in [5, 5.41) is 4.25. The summed E-state index contributed by atoms with van der Waals surface area (Å²) in [4.78, 5) is 18.6. The molecule has 0 unspecified atom stereocenters. The Bertz CT molecular complexity index is 1010. The van der Waals surface area contributed by atoms with Crippen LogP contribution in [-0.4, -0.2) is 18.1 Å². The standard InChI is InChI=1S/C28H33NO3/c1-3-15-32-29-26-17-25-24-11-9-20-16-21(31-18-19-7-5-4-6-8-19)10-12-22(20)23(24)13-14-28(25,2)27(26)30/h4-8,10,12,16,23-25H,3,9,11,13-15,17-18H2,1-2H3/b29-26+/t23-,24-,25+,28-/m1/s1. The summed E-state index contributed by atoms with van der Waals surface area (Å²) in [6, 6.07) is 17.0.